The van der Waals surface area contributed by atoms with E-state index in [1.807, 2.05) is 0 Å². The highest BCUT2D eigenvalue weighted by Gasteiger charge is 2.58. The molecule has 21 heavy (non-hydrogen) atoms. The average molecular weight is 312 g/mol. The molecule has 2 aromatic rings. The van der Waals surface area contributed by atoms with Gasteiger partial charge in [0.2, 0.25) is 0 Å². The zero-order valence-electron chi connectivity index (χ0n) is 10.9. The number of nitriles is 1. The predicted octanol–water partition coefficient (Wildman–Crippen LogP) is 4.15. The molecule has 0 saturated heterocycles. The van der Waals surface area contributed by atoms with Crippen molar-refractivity contribution in [3.63, 3.8) is 0 Å². The third kappa shape index (κ3) is 2.81. The first-order chi connectivity index (χ1) is 9.93. The first-order valence-electron chi connectivity index (χ1n) is 5.87. The molecular weight excluding hydrogens is 301 g/mol. The van der Waals surface area contributed by atoms with Gasteiger partial charge in [0.1, 0.15) is 11.8 Å². The smallest absolute Gasteiger partial charge is 0.430 e. The maximum atomic E-state index is 13.5. The van der Waals surface area contributed by atoms with Gasteiger partial charge in [-0.3, -0.25) is 0 Å². The van der Waals surface area contributed by atoms with Gasteiger partial charge >= 0.3 is 6.18 Å². The second-order valence-electron chi connectivity index (χ2n) is 4.19. The lowest BCUT2D eigenvalue weighted by Crippen LogP contribution is -2.47. The number of thiophene rings is 1. The first-order valence-corrected chi connectivity index (χ1v) is 6.75. The van der Waals surface area contributed by atoms with Gasteiger partial charge < -0.3 is 10.1 Å². The minimum atomic E-state index is -4.76. The number of halogens is 3. The summed E-state index contributed by atoms with van der Waals surface area (Å²) in [6, 6.07) is 10.1. The Hall–Kier alpha value is -2.20. The van der Waals surface area contributed by atoms with Crippen molar-refractivity contribution in [2.75, 3.05) is 12.4 Å². The van der Waals surface area contributed by atoms with Crippen molar-refractivity contribution >= 4 is 17.0 Å². The molecule has 1 aromatic carbocycles. The second kappa shape index (κ2) is 5.66. The predicted molar refractivity (Wildman–Crippen MR) is 74.3 cm³/mol. The van der Waals surface area contributed by atoms with Gasteiger partial charge in [0, 0.05) is 5.69 Å². The number of ether oxygens (including phenoxy) is 1. The van der Waals surface area contributed by atoms with Crippen LogP contribution in [-0.4, -0.2) is 13.3 Å². The SMILES string of the molecule is COc1ccc(N[C@@](C#N)(c2cccs2)C(F)(F)F)cc1. The van der Waals surface area contributed by atoms with E-state index in [0.29, 0.717) is 5.75 Å². The molecule has 110 valence electrons. The molecule has 3 nitrogen and oxygen atoms in total. The summed E-state index contributed by atoms with van der Waals surface area (Å²) < 4.78 is 45.4. The van der Waals surface area contributed by atoms with Gasteiger partial charge in [0.25, 0.3) is 5.54 Å². The van der Waals surface area contributed by atoms with E-state index in [9.17, 15) is 18.4 Å². The highest BCUT2D eigenvalue weighted by Crippen LogP contribution is 2.43. The summed E-state index contributed by atoms with van der Waals surface area (Å²) in [6.07, 6.45) is -4.76. The van der Waals surface area contributed by atoms with E-state index in [-0.39, 0.29) is 10.6 Å². The van der Waals surface area contributed by atoms with E-state index in [2.05, 4.69) is 5.32 Å². The molecule has 0 bridgehead atoms. The zero-order chi connectivity index (χ0) is 15.5. The third-order valence-corrected chi connectivity index (χ3v) is 3.89. The van der Waals surface area contributed by atoms with E-state index in [4.69, 9.17) is 4.74 Å². The van der Waals surface area contributed by atoms with Gasteiger partial charge in [0.15, 0.2) is 0 Å². The lowest BCUT2D eigenvalue weighted by Gasteiger charge is -2.30. The Morgan fingerprint density at radius 3 is 2.29 bits per heavy atom. The minimum Gasteiger partial charge on any atom is -0.497 e. The summed E-state index contributed by atoms with van der Waals surface area (Å²) in [6.45, 7) is 0. The lowest BCUT2D eigenvalue weighted by atomic mass is 9.98. The Kier molecular flexibility index (Phi) is 4.09. The van der Waals surface area contributed by atoms with Crippen molar-refractivity contribution < 1.29 is 17.9 Å². The summed E-state index contributed by atoms with van der Waals surface area (Å²) in [7, 11) is 1.46. The number of nitrogens with zero attached hydrogens (tertiary/aromatic N) is 1. The van der Waals surface area contributed by atoms with Gasteiger partial charge in [0.05, 0.1) is 12.0 Å². The number of anilines is 1. The van der Waals surface area contributed by atoms with Crippen LogP contribution in [-0.2, 0) is 5.54 Å². The molecule has 0 spiro atoms. The van der Waals surface area contributed by atoms with Gasteiger partial charge in [-0.25, -0.2) is 0 Å². The maximum Gasteiger partial charge on any atom is 0.430 e. The summed E-state index contributed by atoms with van der Waals surface area (Å²) in [5.74, 6) is 0.520. The highest BCUT2D eigenvalue weighted by molar-refractivity contribution is 7.10. The molecule has 0 aliphatic carbocycles. The molecule has 0 amide bonds. The molecule has 0 unspecified atom stereocenters. The Morgan fingerprint density at radius 2 is 1.86 bits per heavy atom. The number of rotatable bonds is 4. The molecule has 1 heterocycles. The quantitative estimate of drug-likeness (QED) is 0.922. The van der Waals surface area contributed by atoms with Crippen molar-refractivity contribution in [1.29, 1.82) is 5.26 Å². The van der Waals surface area contributed by atoms with E-state index >= 15 is 0 Å². The highest BCUT2D eigenvalue weighted by atomic mass is 32.1. The molecule has 0 aliphatic heterocycles. The van der Waals surface area contributed by atoms with Gasteiger partial charge in [-0.1, -0.05) is 6.07 Å². The van der Waals surface area contributed by atoms with E-state index in [1.165, 1.54) is 55.0 Å². The Morgan fingerprint density at radius 1 is 1.19 bits per heavy atom. The standard InChI is InChI=1S/C14H11F3N2OS/c1-20-11-6-4-10(5-7-11)19-13(9-18,14(15,16)17)12-3-2-8-21-12/h2-8,19H,1H3/t13-/m0/s1. The number of methoxy groups -OCH3 is 1. The number of benzene rings is 1. The maximum absolute atomic E-state index is 13.5. The van der Waals surface area contributed by atoms with Crippen LogP contribution in [0.25, 0.3) is 0 Å². The normalized spacial score (nSPS) is 14.0. The third-order valence-electron chi connectivity index (χ3n) is 2.91. The molecule has 0 fully saturated rings. The zero-order valence-corrected chi connectivity index (χ0v) is 11.8. The monoisotopic (exact) mass is 312 g/mol. The second-order valence-corrected chi connectivity index (χ2v) is 5.14. The Balaban J connectivity index is 2.43. The molecule has 1 N–H and O–H groups in total. The van der Waals surface area contributed by atoms with Crippen molar-refractivity contribution in [3.8, 4) is 11.8 Å². The van der Waals surface area contributed by atoms with Gasteiger partial charge in [-0.2, -0.15) is 18.4 Å². The molecular formula is C14H11F3N2OS. The molecule has 0 radical (unpaired) electrons. The first kappa shape index (κ1) is 15.2. The van der Waals surface area contributed by atoms with Crippen LogP contribution in [0.15, 0.2) is 41.8 Å². The lowest BCUT2D eigenvalue weighted by molar-refractivity contribution is -0.164. The Labute approximate surface area is 123 Å². The fourth-order valence-electron chi connectivity index (χ4n) is 1.80. The van der Waals surface area contributed by atoms with Gasteiger partial charge in [-0.15, -0.1) is 11.3 Å². The molecule has 7 heteroatoms. The van der Waals surface area contributed by atoms with Crippen LogP contribution in [0.5, 0.6) is 5.75 Å². The number of hydrogen-bond acceptors (Lipinski definition) is 4. The van der Waals surface area contributed by atoms with E-state index in [0.717, 1.165) is 11.3 Å². The summed E-state index contributed by atoms with van der Waals surface area (Å²) >= 11 is 0.879. The number of nitrogens with one attached hydrogen (secondary N) is 1. The Bertz CT molecular complexity index is 632. The van der Waals surface area contributed by atoms with Crippen LogP contribution in [0.4, 0.5) is 18.9 Å². The van der Waals surface area contributed by atoms with Crippen LogP contribution in [0.1, 0.15) is 4.88 Å². The fraction of sp³-hybridized carbons (Fsp3) is 0.214. The molecule has 0 saturated carbocycles. The summed E-state index contributed by atoms with van der Waals surface area (Å²) in [5.41, 5.74) is -2.58. The average Bonchev–Trinajstić information content (AvgIpc) is 2.98. The fourth-order valence-corrected chi connectivity index (χ4v) is 2.65. The molecule has 1 aromatic heterocycles. The van der Waals surface area contributed by atoms with Crippen LogP contribution in [0.2, 0.25) is 0 Å². The summed E-state index contributed by atoms with van der Waals surface area (Å²) in [5, 5.41) is 13.0. The van der Waals surface area contributed by atoms with Crippen molar-refractivity contribution in [1.82, 2.24) is 0 Å². The van der Waals surface area contributed by atoms with Crippen molar-refractivity contribution in [2.24, 2.45) is 0 Å². The van der Waals surface area contributed by atoms with Crippen LogP contribution in [0.3, 0.4) is 0 Å². The molecule has 1 atom stereocenters. The molecule has 0 aliphatic rings. The van der Waals surface area contributed by atoms with Crippen LogP contribution < -0.4 is 10.1 Å². The topological polar surface area (TPSA) is 45.0 Å². The largest absolute Gasteiger partial charge is 0.497 e. The number of alkyl halides is 3. The van der Waals surface area contributed by atoms with Crippen molar-refractivity contribution in [3.05, 3.63) is 46.7 Å². The van der Waals surface area contributed by atoms with E-state index < -0.39 is 11.7 Å². The molecule has 2 rings (SSSR count). The van der Waals surface area contributed by atoms with Crippen LogP contribution in [0, 0.1) is 11.3 Å². The van der Waals surface area contributed by atoms with Crippen molar-refractivity contribution in [2.45, 2.75) is 11.7 Å². The summed E-state index contributed by atoms with van der Waals surface area (Å²) in [4.78, 5) is -0.103. The number of hydrogen-bond donors (Lipinski definition) is 1. The van der Waals surface area contributed by atoms with Crippen LogP contribution >= 0.6 is 11.3 Å². The van der Waals surface area contributed by atoms with E-state index in [1.54, 1.807) is 0 Å². The minimum absolute atomic E-state index is 0.103. The van der Waals surface area contributed by atoms with Gasteiger partial charge in [-0.05, 0) is 35.7 Å².